The highest BCUT2D eigenvalue weighted by Gasteiger charge is 2.18. The number of anilines is 1. The molecule has 0 aromatic carbocycles. The molecular weight excluding hydrogens is 334 g/mol. The number of aryl methyl sites for hydroxylation is 1. The second-order valence-corrected chi connectivity index (χ2v) is 6.51. The highest BCUT2D eigenvalue weighted by Crippen LogP contribution is 2.23. The Morgan fingerprint density at radius 3 is 3.08 bits per heavy atom. The molecule has 1 fully saturated rings. The lowest BCUT2D eigenvalue weighted by molar-refractivity contribution is 0.0664. The van der Waals surface area contributed by atoms with Gasteiger partial charge in [0.1, 0.15) is 12.1 Å². The number of nitrogens with one attached hydrogen (secondary N) is 1. The molecule has 8 nitrogen and oxygen atoms in total. The van der Waals surface area contributed by atoms with Gasteiger partial charge in [0.15, 0.2) is 5.82 Å². The first-order chi connectivity index (χ1) is 12.6. The number of H-pyrrole nitrogens is 1. The van der Waals surface area contributed by atoms with Crippen LogP contribution in [0.2, 0.25) is 0 Å². The normalized spacial score (nSPS) is 17.0. The Labute approximate surface area is 150 Å². The fourth-order valence-electron chi connectivity index (χ4n) is 3.11. The van der Waals surface area contributed by atoms with Crippen LogP contribution in [0.3, 0.4) is 0 Å². The zero-order chi connectivity index (χ0) is 18.1. The van der Waals surface area contributed by atoms with Crippen LogP contribution >= 0.6 is 0 Å². The monoisotopic (exact) mass is 355 g/mol. The molecule has 4 rings (SSSR count). The Hall–Kier alpha value is -2.87. The van der Waals surface area contributed by atoms with Crippen molar-refractivity contribution >= 4 is 16.9 Å². The van der Waals surface area contributed by atoms with Crippen LogP contribution in [0, 0.1) is 6.92 Å². The van der Waals surface area contributed by atoms with Gasteiger partial charge in [0.25, 0.3) is 0 Å². The lowest BCUT2D eigenvalue weighted by Gasteiger charge is -2.11. The van der Waals surface area contributed by atoms with E-state index in [1.165, 1.54) is 0 Å². The van der Waals surface area contributed by atoms with Gasteiger partial charge in [0.05, 0.1) is 18.2 Å². The first kappa shape index (κ1) is 16.6. The van der Waals surface area contributed by atoms with Crippen molar-refractivity contribution in [2.45, 2.75) is 32.4 Å². The third-order valence-electron chi connectivity index (χ3n) is 4.53. The smallest absolute Gasteiger partial charge is 0.326 e. The van der Waals surface area contributed by atoms with E-state index in [-0.39, 0.29) is 17.6 Å². The fourth-order valence-corrected chi connectivity index (χ4v) is 3.11. The molecular formula is C18H21N5O3. The number of hydrogen-bond donors (Lipinski definition) is 2. The number of rotatable bonds is 5. The van der Waals surface area contributed by atoms with Crippen molar-refractivity contribution < 1.29 is 9.47 Å². The predicted molar refractivity (Wildman–Crippen MR) is 97.3 cm³/mol. The minimum atomic E-state index is -0.245. The molecule has 1 unspecified atom stereocenters. The van der Waals surface area contributed by atoms with Crippen LogP contribution in [-0.2, 0) is 11.3 Å². The van der Waals surface area contributed by atoms with Crippen molar-refractivity contribution in [3.05, 3.63) is 46.1 Å². The molecule has 4 heterocycles. The van der Waals surface area contributed by atoms with Gasteiger partial charge in [0.2, 0.25) is 5.88 Å². The number of ether oxygens (including phenoxy) is 2. The fraction of sp³-hybridized carbons (Fsp3) is 0.389. The van der Waals surface area contributed by atoms with Gasteiger partial charge < -0.3 is 20.2 Å². The molecule has 3 N–H and O–H groups in total. The molecule has 8 heteroatoms. The molecule has 1 aliphatic heterocycles. The van der Waals surface area contributed by atoms with Gasteiger partial charge in [-0.2, -0.15) is 4.98 Å². The summed E-state index contributed by atoms with van der Waals surface area (Å²) in [6.07, 6.45) is 3.87. The highest BCUT2D eigenvalue weighted by molar-refractivity contribution is 5.85. The maximum atomic E-state index is 12.4. The van der Waals surface area contributed by atoms with E-state index in [2.05, 4.69) is 15.0 Å². The second-order valence-electron chi connectivity index (χ2n) is 6.51. The van der Waals surface area contributed by atoms with Crippen molar-refractivity contribution in [3.63, 3.8) is 0 Å². The van der Waals surface area contributed by atoms with Gasteiger partial charge in [-0.1, -0.05) is 6.07 Å². The number of nitrogens with two attached hydrogens (primary N) is 1. The molecule has 0 radical (unpaired) electrons. The summed E-state index contributed by atoms with van der Waals surface area (Å²) in [5.41, 5.74) is 8.80. The quantitative estimate of drug-likeness (QED) is 0.720. The maximum Gasteiger partial charge on any atom is 0.326 e. The van der Waals surface area contributed by atoms with Crippen LogP contribution < -0.4 is 16.2 Å². The minimum absolute atomic E-state index is 0.0840. The molecule has 1 saturated heterocycles. The molecule has 136 valence electrons. The Balaban J connectivity index is 1.64. The first-order valence-electron chi connectivity index (χ1n) is 8.65. The van der Waals surface area contributed by atoms with Gasteiger partial charge >= 0.3 is 5.69 Å². The van der Waals surface area contributed by atoms with Crippen molar-refractivity contribution in [2.75, 3.05) is 18.9 Å². The van der Waals surface area contributed by atoms with E-state index in [4.69, 9.17) is 15.2 Å². The number of nitrogens with zero attached hydrogens (tertiary/aromatic N) is 3. The van der Waals surface area contributed by atoms with Gasteiger partial charge in [-0.15, -0.1) is 0 Å². The van der Waals surface area contributed by atoms with Gasteiger partial charge in [-0.25, -0.2) is 4.79 Å². The van der Waals surface area contributed by atoms with Gasteiger partial charge in [0, 0.05) is 24.6 Å². The van der Waals surface area contributed by atoms with Crippen LogP contribution in [0.25, 0.3) is 11.0 Å². The van der Waals surface area contributed by atoms with E-state index >= 15 is 0 Å². The van der Waals surface area contributed by atoms with E-state index in [1.54, 1.807) is 16.8 Å². The molecule has 0 bridgehead atoms. The highest BCUT2D eigenvalue weighted by atomic mass is 16.5. The number of aromatic nitrogens is 4. The summed E-state index contributed by atoms with van der Waals surface area (Å²) < 4.78 is 12.9. The topological polar surface area (TPSA) is 108 Å². The van der Waals surface area contributed by atoms with E-state index in [0.29, 0.717) is 30.1 Å². The summed E-state index contributed by atoms with van der Waals surface area (Å²) in [5.74, 6) is 0.628. The molecule has 1 aliphatic rings. The van der Waals surface area contributed by atoms with Crippen LogP contribution in [-0.4, -0.2) is 38.8 Å². The van der Waals surface area contributed by atoms with Crippen LogP contribution in [0.15, 0.2) is 29.2 Å². The van der Waals surface area contributed by atoms with E-state index in [1.807, 2.05) is 19.1 Å². The SMILES string of the molecule is Cc1ccc(Cn2c(=O)[nH]c3c(N)nc(OCC4CCCO4)cc32)cn1. The number of fused-ring (bicyclic) bond motifs is 1. The second kappa shape index (κ2) is 6.80. The largest absolute Gasteiger partial charge is 0.475 e. The predicted octanol–water partition coefficient (Wildman–Crippen LogP) is 1.62. The molecule has 3 aromatic rings. The standard InChI is InChI=1S/C18H21N5O3/c1-11-4-5-12(8-20-11)9-23-14-7-15(26-10-13-3-2-6-25-13)21-17(19)16(14)22-18(23)24/h4-5,7-8,13H,2-3,6,9-10H2,1H3,(H2,19,21)(H,22,24). The molecule has 3 aromatic heterocycles. The Morgan fingerprint density at radius 2 is 2.35 bits per heavy atom. The Bertz CT molecular complexity index is 971. The average Bonchev–Trinajstić information content (AvgIpc) is 3.24. The molecule has 0 spiro atoms. The summed E-state index contributed by atoms with van der Waals surface area (Å²) in [4.78, 5) is 23.7. The average molecular weight is 355 g/mol. The first-order valence-corrected chi connectivity index (χ1v) is 8.65. The van der Waals surface area contributed by atoms with Gasteiger partial charge in [-0.3, -0.25) is 9.55 Å². The van der Waals surface area contributed by atoms with Crippen molar-refractivity contribution in [1.29, 1.82) is 0 Å². The lowest BCUT2D eigenvalue weighted by Crippen LogP contribution is -2.18. The van der Waals surface area contributed by atoms with E-state index in [9.17, 15) is 4.79 Å². The zero-order valence-corrected chi connectivity index (χ0v) is 14.6. The van der Waals surface area contributed by atoms with Crippen LogP contribution in [0.5, 0.6) is 5.88 Å². The third-order valence-corrected chi connectivity index (χ3v) is 4.53. The van der Waals surface area contributed by atoms with Gasteiger partial charge in [-0.05, 0) is 31.4 Å². The molecule has 1 atom stereocenters. The zero-order valence-electron chi connectivity index (χ0n) is 14.6. The molecule has 0 saturated carbocycles. The van der Waals surface area contributed by atoms with Crippen LogP contribution in [0.4, 0.5) is 5.82 Å². The van der Waals surface area contributed by atoms with Crippen LogP contribution in [0.1, 0.15) is 24.1 Å². The number of pyridine rings is 2. The molecule has 26 heavy (non-hydrogen) atoms. The summed E-state index contributed by atoms with van der Waals surface area (Å²) in [5, 5.41) is 0. The van der Waals surface area contributed by atoms with Crippen molar-refractivity contribution in [2.24, 2.45) is 0 Å². The van der Waals surface area contributed by atoms with Crippen molar-refractivity contribution in [1.82, 2.24) is 19.5 Å². The third kappa shape index (κ3) is 3.28. The number of imidazole rings is 1. The summed E-state index contributed by atoms with van der Waals surface area (Å²) in [7, 11) is 0. The van der Waals surface area contributed by atoms with Crippen molar-refractivity contribution in [3.8, 4) is 5.88 Å². The summed E-state index contributed by atoms with van der Waals surface area (Å²) in [6.45, 7) is 3.51. The summed E-state index contributed by atoms with van der Waals surface area (Å²) in [6, 6.07) is 5.61. The number of aromatic amines is 1. The van der Waals surface area contributed by atoms with E-state index < -0.39 is 0 Å². The van der Waals surface area contributed by atoms with E-state index in [0.717, 1.165) is 30.7 Å². The Morgan fingerprint density at radius 1 is 1.46 bits per heavy atom. The minimum Gasteiger partial charge on any atom is -0.475 e. The maximum absolute atomic E-state index is 12.4. The number of hydrogen-bond acceptors (Lipinski definition) is 6. The molecule has 0 aliphatic carbocycles. The lowest BCUT2D eigenvalue weighted by atomic mass is 10.2. The number of nitrogen functional groups attached to an aromatic ring is 1. The summed E-state index contributed by atoms with van der Waals surface area (Å²) >= 11 is 0. The molecule has 0 amide bonds. The Kier molecular flexibility index (Phi) is 4.34.